The average molecular weight is 289 g/mol. The van der Waals surface area contributed by atoms with E-state index in [9.17, 15) is 9.59 Å². The van der Waals surface area contributed by atoms with Crippen LogP contribution in [-0.2, 0) is 16.0 Å². The maximum absolute atomic E-state index is 12.3. The molecule has 2 rings (SSSR count). The molecule has 0 bridgehead atoms. The summed E-state index contributed by atoms with van der Waals surface area (Å²) < 4.78 is 0. The zero-order chi connectivity index (χ0) is 15.4. The number of carboxylic acid groups (broad SMARTS) is 1. The predicted octanol–water partition coefficient (Wildman–Crippen LogP) is 2.93. The molecule has 0 aliphatic heterocycles. The number of carbonyl (C=O) groups excluding carboxylic acids is 1. The van der Waals surface area contributed by atoms with Crippen LogP contribution in [0, 0.1) is 11.8 Å². The van der Waals surface area contributed by atoms with E-state index < -0.39 is 11.9 Å². The molecule has 1 amide bonds. The molecule has 4 heteroatoms. The minimum absolute atomic E-state index is 0.0987. The number of amides is 1. The van der Waals surface area contributed by atoms with Gasteiger partial charge in [-0.15, -0.1) is 0 Å². The number of aryl methyl sites for hydroxylation is 1. The number of carboxylic acids is 1. The van der Waals surface area contributed by atoms with Crippen molar-refractivity contribution in [1.82, 2.24) is 5.32 Å². The van der Waals surface area contributed by atoms with Crippen LogP contribution in [0.2, 0.25) is 0 Å². The van der Waals surface area contributed by atoms with Gasteiger partial charge in [0.05, 0.1) is 17.9 Å². The van der Waals surface area contributed by atoms with Gasteiger partial charge in [-0.3, -0.25) is 9.59 Å². The predicted molar refractivity (Wildman–Crippen MR) is 80.8 cm³/mol. The van der Waals surface area contributed by atoms with Crippen molar-refractivity contribution in [3.05, 3.63) is 35.4 Å². The van der Waals surface area contributed by atoms with Gasteiger partial charge in [-0.1, -0.05) is 37.6 Å². The van der Waals surface area contributed by atoms with E-state index in [0.29, 0.717) is 12.8 Å². The summed E-state index contributed by atoms with van der Waals surface area (Å²) in [6.07, 6.45) is 3.08. The molecule has 1 aromatic carbocycles. The quantitative estimate of drug-likeness (QED) is 0.876. The summed E-state index contributed by atoms with van der Waals surface area (Å²) in [6.45, 7) is 4.04. The molecule has 1 saturated carbocycles. The third kappa shape index (κ3) is 3.63. The third-order valence-electron chi connectivity index (χ3n) is 4.42. The molecule has 1 aliphatic carbocycles. The van der Waals surface area contributed by atoms with E-state index in [1.807, 2.05) is 19.1 Å². The number of hydrogen-bond acceptors (Lipinski definition) is 2. The number of aliphatic carboxylic acids is 1. The monoisotopic (exact) mass is 289 g/mol. The van der Waals surface area contributed by atoms with Crippen molar-refractivity contribution in [3.63, 3.8) is 0 Å². The summed E-state index contributed by atoms with van der Waals surface area (Å²) in [5, 5.41) is 12.1. The minimum atomic E-state index is -0.854. The number of carbonyl (C=O) groups is 2. The van der Waals surface area contributed by atoms with Crippen molar-refractivity contribution in [3.8, 4) is 0 Å². The van der Waals surface area contributed by atoms with E-state index in [-0.39, 0.29) is 17.9 Å². The summed E-state index contributed by atoms with van der Waals surface area (Å²) in [5.74, 6) is -1.90. The maximum atomic E-state index is 12.3. The van der Waals surface area contributed by atoms with Crippen molar-refractivity contribution in [1.29, 1.82) is 0 Å². The Morgan fingerprint density at radius 2 is 1.86 bits per heavy atom. The van der Waals surface area contributed by atoms with Crippen LogP contribution >= 0.6 is 0 Å². The van der Waals surface area contributed by atoms with E-state index >= 15 is 0 Å². The molecule has 1 aliphatic rings. The van der Waals surface area contributed by atoms with Gasteiger partial charge in [0, 0.05) is 0 Å². The molecule has 1 fully saturated rings. The topological polar surface area (TPSA) is 66.4 Å². The molecule has 2 N–H and O–H groups in total. The minimum Gasteiger partial charge on any atom is -0.481 e. The molecule has 4 nitrogen and oxygen atoms in total. The third-order valence-corrected chi connectivity index (χ3v) is 4.42. The van der Waals surface area contributed by atoms with Gasteiger partial charge in [0.25, 0.3) is 0 Å². The first kappa shape index (κ1) is 15.5. The molecule has 0 heterocycles. The Kier molecular flexibility index (Phi) is 4.99. The molecule has 0 spiro atoms. The first-order valence-electron chi connectivity index (χ1n) is 7.65. The van der Waals surface area contributed by atoms with E-state index in [4.69, 9.17) is 5.11 Å². The number of benzene rings is 1. The SMILES string of the molecule is CCc1ccc(C(C)NC(=O)C2CCCC2C(=O)O)cc1. The van der Waals surface area contributed by atoms with Crippen molar-refractivity contribution in [2.45, 2.75) is 45.6 Å². The molecule has 3 unspecified atom stereocenters. The van der Waals surface area contributed by atoms with Crippen molar-refractivity contribution in [2.24, 2.45) is 11.8 Å². The fourth-order valence-electron chi connectivity index (χ4n) is 3.02. The lowest BCUT2D eigenvalue weighted by molar-refractivity contribution is -0.146. The van der Waals surface area contributed by atoms with Crippen LogP contribution in [-0.4, -0.2) is 17.0 Å². The molecule has 114 valence electrons. The molecular weight excluding hydrogens is 266 g/mol. The fourth-order valence-corrected chi connectivity index (χ4v) is 3.02. The van der Waals surface area contributed by atoms with E-state index in [0.717, 1.165) is 18.4 Å². The molecule has 1 aromatic rings. The zero-order valence-corrected chi connectivity index (χ0v) is 12.6. The second-order valence-electron chi connectivity index (χ2n) is 5.81. The van der Waals surface area contributed by atoms with Gasteiger partial charge < -0.3 is 10.4 Å². The lowest BCUT2D eigenvalue weighted by Gasteiger charge is -2.20. The molecule has 3 atom stereocenters. The largest absolute Gasteiger partial charge is 0.481 e. The highest BCUT2D eigenvalue weighted by Crippen LogP contribution is 2.32. The molecule has 0 aromatic heterocycles. The second kappa shape index (κ2) is 6.74. The fraction of sp³-hybridized carbons (Fsp3) is 0.529. The van der Waals surface area contributed by atoms with Gasteiger partial charge in [0.15, 0.2) is 0 Å². The average Bonchev–Trinajstić information content (AvgIpc) is 2.97. The van der Waals surface area contributed by atoms with Crippen molar-refractivity contribution < 1.29 is 14.7 Å². The van der Waals surface area contributed by atoms with E-state index in [1.54, 1.807) is 0 Å². The zero-order valence-electron chi connectivity index (χ0n) is 12.6. The summed E-state index contributed by atoms with van der Waals surface area (Å²) >= 11 is 0. The lowest BCUT2D eigenvalue weighted by Crippen LogP contribution is -2.36. The maximum Gasteiger partial charge on any atom is 0.307 e. The summed E-state index contributed by atoms with van der Waals surface area (Å²) in [4.78, 5) is 23.5. The second-order valence-corrected chi connectivity index (χ2v) is 5.81. The highest BCUT2D eigenvalue weighted by Gasteiger charge is 2.38. The van der Waals surface area contributed by atoms with Crippen molar-refractivity contribution in [2.75, 3.05) is 0 Å². The van der Waals surface area contributed by atoms with Gasteiger partial charge in [0.2, 0.25) is 5.91 Å². The number of rotatable bonds is 5. The molecule has 0 radical (unpaired) electrons. The molecule has 0 saturated heterocycles. The van der Waals surface area contributed by atoms with Crippen LogP contribution in [0.1, 0.15) is 50.3 Å². The van der Waals surface area contributed by atoms with Crippen LogP contribution in [0.15, 0.2) is 24.3 Å². The normalized spacial score (nSPS) is 22.8. The van der Waals surface area contributed by atoms with Crippen LogP contribution < -0.4 is 5.32 Å². The smallest absolute Gasteiger partial charge is 0.307 e. The summed E-state index contributed by atoms with van der Waals surface area (Å²) in [7, 11) is 0. The number of nitrogens with one attached hydrogen (secondary N) is 1. The Morgan fingerprint density at radius 1 is 1.24 bits per heavy atom. The summed E-state index contributed by atoms with van der Waals surface area (Å²) in [6, 6.07) is 8.07. The van der Waals surface area contributed by atoms with Crippen LogP contribution in [0.5, 0.6) is 0 Å². The Morgan fingerprint density at radius 3 is 2.43 bits per heavy atom. The molecule has 21 heavy (non-hydrogen) atoms. The Bertz CT molecular complexity index is 509. The summed E-state index contributed by atoms with van der Waals surface area (Å²) in [5.41, 5.74) is 2.31. The van der Waals surface area contributed by atoms with Gasteiger partial charge in [-0.25, -0.2) is 0 Å². The first-order valence-corrected chi connectivity index (χ1v) is 7.65. The van der Waals surface area contributed by atoms with E-state index in [1.165, 1.54) is 5.56 Å². The van der Waals surface area contributed by atoms with Crippen molar-refractivity contribution >= 4 is 11.9 Å². The van der Waals surface area contributed by atoms with Gasteiger partial charge in [-0.05, 0) is 37.3 Å². The first-order chi connectivity index (χ1) is 10.0. The van der Waals surface area contributed by atoms with Crippen LogP contribution in [0.4, 0.5) is 0 Å². The highest BCUT2D eigenvalue weighted by atomic mass is 16.4. The lowest BCUT2D eigenvalue weighted by atomic mass is 9.94. The Balaban J connectivity index is 1.99. The van der Waals surface area contributed by atoms with Crippen LogP contribution in [0.25, 0.3) is 0 Å². The van der Waals surface area contributed by atoms with Gasteiger partial charge in [0.1, 0.15) is 0 Å². The van der Waals surface area contributed by atoms with Gasteiger partial charge in [-0.2, -0.15) is 0 Å². The Hall–Kier alpha value is -1.84. The van der Waals surface area contributed by atoms with Gasteiger partial charge >= 0.3 is 5.97 Å². The standard InChI is InChI=1S/C17H23NO3/c1-3-12-7-9-13(10-8-12)11(2)18-16(19)14-5-4-6-15(14)17(20)21/h7-11,14-15H,3-6H2,1-2H3,(H,18,19)(H,20,21). The number of hydrogen-bond donors (Lipinski definition) is 2. The highest BCUT2D eigenvalue weighted by molar-refractivity contribution is 5.85. The van der Waals surface area contributed by atoms with Crippen LogP contribution in [0.3, 0.4) is 0 Å². The Labute approximate surface area is 125 Å². The van der Waals surface area contributed by atoms with E-state index in [2.05, 4.69) is 24.4 Å². The molecular formula is C17H23NO3.